The van der Waals surface area contributed by atoms with E-state index in [4.69, 9.17) is 0 Å². The van der Waals surface area contributed by atoms with Crippen molar-refractivity contribution in [3.63, 3.8) is 0 Å². The van der Waals surface area contributed by atoms with Gasteiger partial charge in [0.25, 0.3) is 0 Å². The van der Waals surface area contributed by atoms with E-state index in [9.17, 15) is 0 Å². The molecule has 2 aromatic rings. The molecule has 0 saturated carbocycles. The van der Waals surface area contributed by atoms with Gasteiger partial charge in [0.05, 0.1) is 0 Å². The zero-order valence-electron chi connectivity index (χ0n) is 12.3. The molecule has 2 rings (SSSR count). The average Bonchev–Trinajstić information content (AvgIpc) is 2.50. The molecule has 2 atom stereocenters. The summed E-state index contributed by atoms with van der Waals surface area (Å²) >= 11 is 0. The minimum Gasteiger partial charge on any atom is -0.356 e. The van der Waals surface area contributed by atoms with Gasteiger partial charge in [-0.25, -0.2) is 0 Å². The Labute approximate surface area is 122 Å². The van der Waals surface area contributed by atoms with Crippen molar-refractivity contribution in [2.75, 3.05) is 5.32 Å². The number of allylic oxidation sites excluding steroid dienone is 1. The molecule has 0 aliphatic rings. The van der Waals surface area contributed by atoms with Gasteiger partial charge in [-0.1, -0.05) is 56.7 Å². The summed E-state index contributed by atoms with van der Waals surface area (Å²) in [5, 5.41) is 3.41. The van der Waals surface area contributed by atoms with Gasteiger partial charge in [-0.2, -0.15) is 0 Å². The molecule has 2 aromatic carbocycles. The van der Waals surface area contributed by atoms with Crippen molar-refractivity contribution in [1.82, 2.24) is 0 Å². The molecule has 2 unspecified atom stereocenters. The summed E-state index contributed by atoms with van der Waals surface area (Å²) in [6, 6.07) is 18.9. The lowest BCUT2D eigenvalue weighted by atomic mass is 9.86. The SMILES string of the molecule is C=CC(c1ccc(Nc2ccccc2)cc1)C(C)CC. The summed E-state index contributed by atoms with van der Waals surface area (Å²) in [6.45, 7) is 8.49. The van der Waals surface area contributed by atoms with E-state index < -0.39 is 0 Å². The minimum absolute atomic E-state index is 0.436. The van der Waals surface area contributed by atoms with Gasteiger partial charge in [0, 0.05) is 17.3 Å². The zero-order chi connectivity index (χ0) is 14.4. The topological polar surface area (TPSA) is 12.0 Å². The van der Waals surface area contributed by atoms with E-state index in [1.54, 1.807) is 0 Å². The van der Waals surface area contributed by atoms with Gasteiger partial charge in [-0.15, -0.1) is 6.58 Å². The molecular formula is C19H23N. The Kier molecular flexibility index (Phi) is 5.00. The van der Waals surface area contributed by atoms with Crippen molar-refractivity contribution < 1.29 is 0 Å². The number of hydrogen-bond acceptors (Lipinski definition) is 1. The van der Waals surface area contributed by atoms with Gasteiger partial charge >= 0.3 is 0 Å². The van der Waals surface area contributed by atoms with Crippen molar-refractivity contribution in [3.8, 4) is 0 Å². The Balaban J connectivity index is 2.11. The maximum atomic E-state index is 3.98. The molecule has 1 heteroatoms. The van der Waals surface area contributed by atoms with Gasteiger partial charge in [0.15, 0.2) is 0 Å². The lowest BCUT2D eigenvalue weighted by Gasteiger charge is -2.20. The first-order valence-corrected chi connectivity index (χ1v) is 7.29. The Morgan fingerprint density at radius 3 is 2.15 bits per heavy atom. The van der Waals surface area contributed by atoms with Crippen LogP contribution in [0.15, 0.2) is 67.3 Å². The molecule has 20 heavy (non-hydrogen) atoms. The van der Waals surface area contributed by atoms with Crippen LogP contribution in [0.25, 0.3) is 0 Å². The van der Waals surface area contributed by atoms with E-state index in [0.717, 1.165) is 11.4 Å². The average molecular weight is 265 g/mol. The third-order valence-electron chi connectivity index (χ3n) is 3.87. The quantitative estimate of drug-likeness (QED) is 0.656. The lowest BCUT2D eigenvalue weighted by molar-refractivity contribution is 0.508. The van der Waals surface area contributed by atoms with Gasteiger partial charge < -0.3 is 5.32 Å². The second-order valence-electron chi connectivity index (χ2n) is 5.26. The fraction of sp³-hybridized carbons (Fsp3) is 0.263. The third kappa shape index (κ3) is 3.51. The number of nitrogens with one attached hydrogen (secondary N) is 1. The van der Waals surface area contributed by atoms with Gasteiger partial charge in [-0.3, -0.25) is 0 Å². The zero-order valence-corrected chi connectivity index (χ0v) is 12.3. The minimum atomic E-state index is 0.436. The van der Waals surface area contributed by atoms with Crippen LogP contribution >= 0.6 is 0 Å². The maximum absolute atomic E-state index is 3.98. The van der Waals surface area contributed by atoms with E-state index in [0.29, 0.717) is 11.8 Å². The molecule has 0 bridgehead atoms. The van der Waals surface area contributed by atoms with Crippen molar-refractivity contribution in [2.24, 2.45) is 5.92 Å². The molecule has 0 amide bonds. The predicted octanol–water partition coefficient (Wildman–Crippen LogP) is 5.75. The summed E-state index contributed by atoms with van der Waals surface area (Å²) in [5.74, 6) is 1.06. The second-order valence-corrected chi connectivity index (χ2v) is 5.26. The van der Waals surface area contributed by atoms with Crippen LogP contribution in [0.3, 0.4) is 0 Å². The fourth-order valence-electron chi connectivity index (χ4n) is 2.43. The Hall–Kier alpha value is -2.02. The summed E-state index contributed by atoms with van der Waals surface area (Å²) in [5.41, 5.74) is 3.57. The predicted molar refractivity (Wildman–Crippen MR) is 88.6 cm³/mol. The van der Waals surface area contributed by atoms with Crippen molar-refractivity contribution in [3.05, 3.63) is 72.8 Å². The lowest BCUT2D eigenvalue weighted by Crippen LogP contribution is -2.06. The van der Waals surface area contributed by atoms with Crippen LogP contribution in [0.5, 0.6) is 0 Å². The molecule has 0 spiro atoms. The van der Waals surface area contributed by atoms with Crippen LogP contribution in [0.1, 0.15) is 31.7 Å². The monoisotopic (exact) mass is 265 g/mol. The Morgan fingerprint density at radius 1 is 1.00 bits per heavy atom. The van der Waals surface area contributed by atoms with E-state index in [-0.39, 0.29) is 0 Å². The van der Waals surface area contributed by atoms with Gasteiger partial charge in [0.1, 0.15) is 0 Å². The van der Waals surface area contributed by atoms with Crippen LogP contribution in [0, 0.1) is 5.92 Å². The number of benzene rings is 2. The van der Waals surface area contributed by atoms with Crippen molar-refractivity contribution in [2.45, 2.75) is 26.2 Å². The summed E-state index contributed by atoms with van der Waals surface area (Å²) < 4.78 is 0. The van der Waals surface area contributed by atoms with E-state index in [1.807, 2.05) is 18.2 Å². The highest BCUT2D eigenvalue weighted by Crippen LogP contribution is 2.29. The second kappa shape index (κ2) is 6.95. The largest absolute Gasteiger partial charge is 0.356 e. The fourth-order valence-corrected chi connectivity index (χ4v) is 2.43. The summed E-state index contributed by atoms with van der Waals surface area (Å²) in [6.07, 6.45) is 3.23. The van der Waals surface area contributed by atoms with E-state index >= 15 is 0 Å². The van der Waals surface area contributed by atoms with Crippen molar-refractivity contribution >= 4 is 11.4 Å². The normalized spacial score (nSPS) is 13.5. The van der Waals surface area contributed by atoms with Crippen LogP contribution in [0.2, 0.25) is 0 Å². The molecular weight excluding hydrogens is 242 g/mol. The molecule has 104 valence electrons. The molecule has 1 N–H and O–H groups in total. The summed E-state index contributed by atoms with van der Waals surface area (Å²) in [7, 11) is 0. The van der Waals surface area contributed by atoms with Crippen molar-refractivity contribution in [1.29, 1.82) is 0 Å². The highest BCUT2D eigenvalue weighted by molar-refractivity contribution is 5.59. The third-order valence-corrected chi connectivity index (χ3v) is 3.87. The maximum Gasteiger partial charge on any atom is 0.0384 e. The highest BCUT2D eigenvalue weighted by Gasteiger charge is 2.14. The number of anilines is 2. The Morgan fingerprint density at radius 2 is 1.60 bits per heavy atom. The Bertz CT molecular complexity index is 527. The van der Waals surface area contributed by atoms with Crippen LogP contribution in [-0.2, 0) is 0 Å². The van der Waals surface area contributed by atoms with Gasteiger partial charge in [-0.05, 0) is 35.7 Å². The van der Waals surface area contributed by atoms with Crippen LogP contribution in [-0.4, -0.2) is 0 Å². The molecule has 0 saturated heterocycles. The highest BCUT2D eigenvalue weighted by atomic mass is 14.9. The first kappa shape index (κ1) is 14.4. The molecule has 0 aliphatic heterocycles. The van der Waals surface area contributed by atoms with E-state index in [2.05, 4.69) is 68.2 Å². The first-order valence-electron chi connectivity index (χ1n) is 7.29. The standard InChI is InChI=1S/C19H23N/c1-4-15(3)19(5-2)16-11-13-18(14-12-16)20-17-9-7-6-8-10-17/h5-15,19-20H,2,4H2,1,3H3. The smallest absolute Gasteiger partial charge is 0.0384 e. The summed E-state index contributed by atoms with van der Waals surface area (Å²) in [4.78, 5) is 0. The molecule has 0 fully saturated rings. The molecule has 0 aliphatic carbocycles. The molecule has 0 heterocycles. The number of hydrogen-bond donors (Lipinski definition) is 1. The molecule has 0 aromatic heterocycles. The van der Waals surface area contributed by atoms with Gasteiger partial charge in [0.2, 0.25) is 0 Å². The van der Waals surface area contributed by atoms with Crippen LogP contribution in [0.4, 0.5) is 11.4 Å². The first-order chi connectivity index (χ1) is 9.74. The number of rotatable bonds is 6. The van der Waals surface area contributed by atoms with Crippen LogP contribution < -0.4 is 5.32 Å². The number of para-hydroxylation sites is 1. The van der Waals surface area contributed by atoms with E-state index in [1.165, 1.54) is 12.0 Å². The molecule has 0 radical (unpaired) electrons. The molecule has 1 nitrogen and oxygen atoms in total.